The third-order valence-corrected chi connectivity index (χ3v) is 3.26. The summed E-state index contributed by atoms with van der Waals surface area (Å²) in [5, 5.41) is 1.54. The van der Waals surface area contributed by atoms with E-state index >= 15 is 0 Å². The van der Waals surface area contributed by atoms with E-state index in [2.05, 4.69) is 15.9 Å². The second-order valence-corrected chi connectivity index (χ2v) is 4.62. The van der Waals surface area contributed by atoms with E-state index in [4.69, 9.17) is 16.3 Å². The van der Waals surface area contributed by atoms with Crippen molar-refractivity contribution in [1.29, 1.82) is 0 Å². The van der Waals surface area contributed by atoms with Crippen LogP contribution in [0.4, 0.5) is 0 Å². The highest BCUT2D eigenvalue weighted by Gasteiger charge is 2.22. The van der Waals surface area contributed by atoms with Crippen LogP contribution in [0.5, 0.6) is 5.75 Å². The molecule has 0 unspecified atom stereocenters. The van der Waals surface area contributed by atoms with Crippen LogP contribution in [0, 0.1) is 5.92 Å². The fourth-order valence-corrected chi connectivity index (χ4v) is 1.84. The van der Waals surface area contributed by atoms with Gasteiger partial charge in [0, 0.05) is 5.33 Å². The highest BCUT2D eigenvalue weighted by Crippen LogP contribution is 2.32. The lowest BCUT2D eigenvalue weighted by molar-refractivity contribution is 0.300. The van der Waals surface area contributed by atoms with Crippen molar-refractivity contribution in [1.82, 2.24) is 0 Å². The molecule has 76 valence electrons. The average Bonchev–Trinajstić information content (AvgIpc) is 2.99. The van der Waals surface area contributed by atoms with Gasteiger partial charge in [0.1, 0.15) is 5.75 Å². The van der Waals surface area contributed by atoms with E-state index in [0.29, 0.717) is 5.02 Å². The first-order chi connectivity index (χ1) is 6.79. The van der Waals surface area contributed by atoms with E-state index < -0.39 is 0 Å². The summed E-state index contributed by atoms with van der Waals surface area (Å²) < 4.78 is 5.61. The van der Waals surface area contributed by atoms with Crippen molar-refractivity contribution < 1.29 is 4.74 Å². The lowest BCUT2D eigenvalue weighted by Gasteiger charge is -2.07. The van der Waals surface area contributed by atoms with Gasteiger partial charge in [-0.25, -0.2) is 0 Å². The molecule has 0 aromatic heterocycles. The third-order valence-electron chi connectivity index (χ3n) is 2.32. The van der Waals surface area contributed by atoms with Crippen molar-refractivity contribution in [3.05, 3.63) is 28.8 Å². The molecule has 2 rings (SSSR count). The predicted molar refractivity (Wildman–Crippen MR) is 62.3 cm³/mol. The van der Waals surface area contributed by atoms with Gasteiger partial charge in [-0.3, -0.25) is 0 Å². The first-order valence-electron chi connectivity index (χ1n) is 4.77. The normalized spacial score (nSPS) is 15.6. The van der Waals surface area contributed by atoms with Crippen molar-refractivity contribution in [2.75, 3.05) is 6.61 Å². The summed E-state index contributed by atoms with van der Waals surface area (Å²) in [5.74, 6) is 1.57. The molecular weight excluding hydrogens is 263 g/mol. The maximum Gasteiger partial charge on any atom is 0.137 e. The molecule has 1 aromatic carbocycles. The number of alkyl halides is 1. The lowest BCUT2D eigenvalue weighted by Crippen LogP contribution is -1.99. The quantitative estimate of drug-likeness (QED) is 0.754. The molecule has 0 aliphatic heterocycles. The Morgan fingerprint density at radius 1 is 1.43 bits per heavy atom. The molecule has 14 heavy (non-hydrogen) atoms. The van der Waals surface area contributed by atoms with Crippen LogP contribution >= 0.6 is 27.5 Å². The first-order valence-corrected chi connectivity index (χ1v) is 6.26. The molecular formula is C11H12BrClO. The van der Waals surface area contributed by atoms with Crippen molar-refractivity contribution in [3.63, 3.8) is 0 Å². The molecule has 0 atom stereocenters. The van der Waals surface area contributed by atoms with Crippen LogP contribution in [-0.4, -0.2) is 6.61 Å². The molecule has 0 spiro atoms. The van der Waals surface area contributed by atoms with Gasteiger partial charge >= 0.3 is 0 Å². The number of hydrogen-bond donors (Lipinski definition) is 0. The Labute approximate surface area is 97.5 Å². The molecule has 0 heterocycles. The molecule has 1 saturated carbocycles. The largest absolute Gasteiger partial charge is 0.492 e. The SMILES string of the molecule is Clc1cc(CBr)ccc1OCC1CC1. The number of ether oxygens (including phenoxy) is 1. The van der Waals surface area contributed by atoms with Crippen LogP contribution < -0.4 is 4.74 Å². The lowest BCUT2D eigenvalue weighted by atomic mass is 10.2. The van der Waals surface area contributed by atoms with Crippen LogP contribution in [0.3, 0.4) is 0 Å². The summed E-state index contributed by atoms with van der Waals surface area (Å²) >= 11 is 9.46. The van der Waals surface area contributed by atoms with E-state index in [1.165, 1.54) is 18.4 Å². The minimum Gasteiger partial charge on any atom is -0.492 e. The van der Waals surface area contributed by atoms with Crippen LogP contribution in [0.1, 0.15) is 18.4 Å². The van der Waals surface area contributed by atoms with E-state index in [1.807, 2.05) is 18.2 Å². The van der Waals surface area contributed by atoms with Gasteiger partial charge in [0.2, 0.25) is 0 Å². The molecule has 1 aliphatic carbocycles. The Morgan fingerprint density at radius 3 is 2.79 bits per heavy atom. The monoisotopic (exact) mass is 274 g/mol. The van der Waals surface area contributed by atoms with Gasteiger partial charge in [0.25, 0.3) is 0 Å². The standard InChI is InChI=1S/C11H12BrClO/c12-6-9-3-4-11(10(13)5-9)14-7-8-1-2-8/h3-5,8H,1-2,6-7H2. The van der Waals surface area contributed by atoms with Crippen molar-refractivity contribution in [3.8, 4) is 5.75 Å². The molecule has 0 saturated heterocycles. The summed E-state index contributed by atoms with van der Waals surface area (Å²) in [4.78, 5) is 0. The zero-order chi connectivity index (χ0) is 9.97. The minimum absolute atomic E-state index is 0.711. The zero-order valence-corrected chi connectivity index (χ0v) is 10.1. The molecule has 1 aliphatic rings. The Morgan fingerprint density at radius 2 is 2.21 bits per heavy atom. The first kappa shape index (κ1) is 10.3. The molecule has 3 heteroatoms. The molecule has 1 nitrogen and oxygen atoms in total. The molecule has 0 N–H and O–H groups in total. The minimum atomic E-state index is 0.711. The van der Waals surface area contributed by atoms with E-state index in [0.717, 1.165) is 23.6 Å². The zero-order valence-electron chi connectivity index (χ0n) is 7.80. The van der Waals surface area contributed by atoms with Crippen LogP contribution in [0.2, 0.25) is 5.02 Å². The maximum absolute atomic E-state index is 6.07. The van der Waals surface area contributed by atoms with Gasteiger partial charge in [-0.15, -0.1) is 0 Å². The highest BCUT2D eigenvalue weighted by atomic mass is 79.9. The number of halogens is 2. The van der Waals surface area contributed by atoms with E-state index in [1.54, 1.807) is 0 Å². The second-order valence-electron chi connectivity index (χ2n) is 3.65. The van der Waals surface area contributed by atoms with Crippen molar-refractivity contribution >= 4 is 27.5 Å². The Hall–Kier alpha value is -0.210. The molecule has 0 bridgehead atoms. The van der Waals surface area contributed by atoms with Crippen molar-refractivity contribution in [2.24, 2.45) is 5.92 Å². The van der Waals surface area contributed by atoms with Crippen LogP contribution in [0.25, 0.3) is 0 Å². The number of hydrogen-bond acceptors (Lipinski definition) is 1. The highest BCUT2D eigenvalue weighted by molar-refractivity contribution is 9.08. The molecule has 0 amide bonds. The summed E-state index contributed by atoms with van der Waals surface area (Å²) in [5.41, 5.74) is 1.17. The maximum atomic E-state index is 6.07. The summed E-state index contributed by atoms with van der Waals surface area (Å²) in [7, 11) is 0. The molecule has 1 aromatic rings. The summed E-state index contributed by atoms with van der Waals surface area (Å²) in [6.07, 6.45) is 2.61. The second kappa shape index (κ2) is 4.54. The fraction of sp³-hybridized carbons (Fsp3) is 0.455. The molecule has 0 radical (unpaired) electrons. The Balaban J connectivity index is 2.01. The number of rotatable bonds is 4. The van der Waals surface area contributed by atoms with Gasteiger partial charge in [0.15, 0.2) is 0 Å². The van der Waals surface area contributed by atoms with Gasteiger partial charge in [-0.05, 0) is 36.5 Å². The van der Waals surface area contributed by atoms with Crippen molar-refractivity contribution in [2.45, 2.75) is 18.2 Å². The van der Waals surface area contributed by atoms with E-state index in [9.17, 15) is 0 Å². The molecule has 1 fully saturated rings. The third kappa shape index (κ3) is 2.64. The Bertz CT molecular complexity index is 323. The van der Waals surface area contributed by atoms with Gasteiger partial charge in [0.05, 0.1) is 11.6 Å². The van der Waals surface area contributed by atoms with Gasteiger partial charge in [-0.2, -0.15) is 0 Å². The van der Waals surface area contributed by atoms with Gasteiger partial charge < -0.3 is 4.74 Å². The summed E-state index contributed by atoms with van der Waals surface area (Å²) in [6.45, 7) is 0.813. The Kier molecular flexibility index (Phi) is 3.34. The average molecular weight is 276 g/mol. The smallest absolute Gasteiger partial charge is 0.137 e. The van der Waals surface area contributed by atoms with Crippen LogP contribution in [0.15, 0.2) is 18.2 Å². The summed E-state index contributed by atoms with van der Waals surface area (Å²) in [6, 6.07) is 5.92. The topological polar surface area (TPSA) is 9.23 Å². The van der Waals surface area contributed by atoms with Gasteiger partial charge in [-0.1, -0.05) is 33.6 Å². The van der Waals surface area contributed by atoms with E-state index in [-0.39, 0.29) is 0 Å². The number of benzene rings is 1. The predicted octanol–water partition coefficient (Wildman–Crippen LogP) is 4.02. The fourth-order valence-electron chi connectivity index (χ4n) is 1.24. The van der Waals surface area contributed by atoms with Crippen LogP contribution in [-0.2, 0) is 5.33 Å².